The van der Waals surface area contributed by atoms with Crippen LogP contribution >= 0.6 is 11.8 Å². The van der Waals surface area contributed by atoms with Crippen LogP contribution in [0, 0.1) is 11.3 Å². The lowest BCUT2D eigenvalue weighted by molar-refractivity contribution is 0.621. The summed E-state index contributed by atoms with van der Waals surface area (Å²) in [5.41, 5.74) is 7.08. The minimum Gasteiger partial charge on any atom is -0.396 e. The van der Waals surface area contributed by atoms with E-state index in [0.29, 0.717) is 22.5 Å². The number of aromatic nitrogens is 1. The number of nitrogens with two attached hydrogens (primary N) is 1. The first-order valence-electron chi connectivity index (χ1n) is 5.67. The van der Waals surface area contributed by atoms with Gasteiger partial charge in [0.05, 0.1) is 11.3 Å². The fourth-order valence-electron chi connectivity index (χ4n) is 2.01. The molecule has 90 valence electrons. The van der Waals surface area contributed by atoms with E-state index in [-0.39, 0.29) is 0 Å². The number of rotatable bonds is 1. The van der Waals surface area contributed by atoms with Gasteiger partial charge >= 0.3 is 0 Å². The minimum atomic E-state index is 0.413. The molecule has 4 nitrogen and oxygen atoms in total. The van der Waals surface area contributed by atoms with E-state index in [1.54, 1.807) is 12.3 Å². The number of nitriles is 1. The van der Waals surface area contributed by atoms with E-state index in [9.17, 15) is 0 Å². The van der Waals surface area contributed by atoms with Gasteiger partial charge in [-0.2, -0.15) is 17.0 Å². The fraction of sp³-hybridized carbons (Fsp3) is 0.500. The number of nitrogen functional groups attached to an aromatic ring is 1. The number of hydrogen-bond acceptors (Lipinski definition) is 5. The Hall–Kier alpha value is -1.41. The van der Waals surface area contributed by atoms with Gasteiger partial charge in [-0.15, -0.1) is 0 Å². The van der Waals surface area contributed by atoms with Crippen LogP contribution in [0.5, 0.6) is 0 Å². The van der Waals surface area contributed by atoms with Gasteiger partial charge in [-0.05, 0) is 13.0 Å². The van der Waals surface area contributed by atoms with Gasteiger partial charge in [0.15, 0.2) is 5.82 Å². The molecule has 2 atom stereocenters. The van der Waals surface area contributed by atoms with Crippen molar-refractivity contribution in [1.29, 1.82) is 5.26 Å². The Labute approximate surface area is 106 Å². The van der Waals surface area contributed by atoms with E-state index in [0.717, 1.165) is 18.1 Å². The number of thioether (sulfide) groups is 1. The van der Waals surface area contributed by atoms with Gasteiger partial charge in [0.25, 0.3) is 0 Å². The lowest BCUT2D eigenvalue weighted by atomic mass is 10.2. The summed E-state index contributed by atoms with van der Waals surface area (Å²) in [5.74, 6) is 1.90. The van der Waals surface area contributed by atoms with Gasteiger partial charge in [-0.25, -0.2) is 4.98 Å². The van der Waals surface area contributed by atoms with E-state index in [1.165, 1.54) is 0 Å². The van der Waals surface area contributed by atoms with Crippen molar-refractivity contribution in [2.75, 3.05) is 22.9 Å². The number of hydrogen-bond donors (Lipinski definition) is 1. The van der Waals surface area contributed by atoms with Crippen LogP contribution in [0.1, 0.15) is 19.4 Å². The third-order valence-corrected chi connectivity index (χ3v) is 4.52. The Morgan fingerprint density at radius 1 is 1.59 bits per heavy atom. The molecule has 1 aromatic heterocycles. The molecule has 1 fully saturated rings. The molecule has 1 aromatic rings. The second kappa shape index (κ2) is 4.84. The molecule has 1 aliphatic heterocycles. The summed E-state index contributed by atoms with van der Waals surface area (Å²) in [5, 5.41) is 9.36. The van der Waals surface area contributed by atoms with Crippen molar-refractivity contribution in [3.8, 4) is 6.07 Å². The molecular formula is C12H16N4S. The topological polar surface area (TPSA) is 65.9 Å². The highest BCUT2D eigenvalue weighted by atomic mass is 32.2. The maximum absolute atomic E-state index is 8.79. The van der Waals surface area contributed by atoms with E-state index in [4.69, 9.17) is 11.0 Å². The highest BCUT2D eigenvalue weighted by Gasteiger charge is 2.27. The van der Waals surface area contributed by atoms with Crippen molar-refractivity contribution in [3.63, 3.8) is 0 Å². The van der Waals surface area contributed by atoms with Crippen molar-refractivity contribution in [2.24, 2.45) is 0 Å². The van der Waals surface area contributed by atoms with E-state index in [1.807, 2.05) is 11.8 Å². The molecular weight excluding hydrogens is 232 g/mol. The molecule has 2 unspecified atom stereocenters. The summed E-state index contributed by atoms with van der Waals surface area (Å²) in [6, 6.07) is 4.16. The van der Waals surface area contributed by atoms with Crippen LogP contribution in [0.3, 0.4) is 0 Å². The summed E-state index contributed by atoms with van der Waals surface area (Å²) in [6.45, 7) is 5.37. The fourth-order valence-corrected chi connectivity index (χ4v) is 3.11. The van der Waals surface area contributed by atoms with E-state index in [2.05, 4.69) is 29.8 Å². The normalized spacial score (nSPS) is 24.4. The maximum atomic E-state index is 8.79. The highest BCUT2D eigenvalue weighted by Crippen LogP contribution is 2.31. The van der Waals surface area contributed by atoms with Crippen LogP contribution < -0.4 is 10.6 Å². The minimum absolute atomic E-state index is 0.413. The van der Waals surface area contributed by atoms with Crippen molar-refractivity contribution in [3.05, 3.63) is 17.8 Å². The molecule has 5 heteroatoms. The second-order valence-corrected chi connectivity index (χ2v) is 5.74. The molecule has 2 rings (SSSR count). The molecule has 0 spiro atoms. The second-order valence-electron chi connectivity index (χ2n) is 4.26. The first kappa shape index (κ1) is 12.1. The Morgan fingerprint density at radius 3 is 3.00 bits per heavy atom. The third-order valence-electron chi connectivity index (χ3n) is 3.18. The van der Waals surface area contributed by atoms with Gasteiger partial charge in [0.1, 0.15) is 6.07 Å². The molecule has 0 aromatic carbocycles. The zero-order chi connectivity index (χ0) is 12.4. The Kier molecular flexibility index (Phi) is 3.43. The lowest BCUT2D eigenvalue weighted by Crippen LogP contribution is -2.45. The van der Waals surface area contributed by atoms with Crippen molar-refractivity contribution in [2.45, 2.75) is 25.1 Å². The van der Waals surface area contributed by atoms with Crippen LogP contribution in [0.25, 0.3) is 0 Å². The van der Waals surface area contributed by atoms with Gasteiger partial charge in [0.2, 0.25) is 0 Å². The zero-order valence-electron chi connectivity index (χ0n) is 10.1. The van der Waals surface area contributed by atoms with Crippen LogP contribution in [-0.4, -0.2) is 28.6 Å². The third kappa shape index (κ3) is 2.32. The number of pyridine rings is 1. The quantitative estimate of drug-likeness (QED) is 0.821. The maximum Gasteiger partial charge on any atom is 0.152 e. The first-order chi connectivity index (χ1) is 8.13. The molecule has 1 aliphatic rings. The molecule has 0 amide bonds. The van der Waals surface area contributed by atoms with Crippen molar-refractivity contribution >= 4 is 23.3 Å². The van der Waals surface area contributed by atoms with Crippen LogP contribution in [0.4, 0.5) is 11.5 Å². The summed E-state index contributed by atoms with van der Waals surface area (Å²) in [6.07, 6.45) is 1.59. The summed E-state index contributed by atoms with van der Waals surface area (Å²) >= 11 is 1.98. The largest absolute Gasteiger partial charge is 0.396 e. The van der Waals surface area contributed by atoms with Gasteiger partial charge in [0, 0.05) is 29.8 Å². The predicted octanol–water partition coefficient (Wildman–Crippen LogP) is 1.87. The predicted molar refractivity (Wildman–Crippen MR) is 72.1 cm³/mol. The average Bonchev–Trinajstić information content (AvgIpc) is 2.33. The molecule has 2 N–H and O–H groups in total. The highest BCUT2D eigenvalue weighted by molar-refractivity contribution is 8.00. The monoisotopic (exact) mass is 248 g/mol. The van der Waals surface area contributed by atoms with Gasteiger partial charge in [-0.3, -0.25) is 0 Å². The Balaban J connectivity index is 2.31. The molecule has 0 aliphatic carbocycles. The van der Waals surface area contributed by atoms with Crippen LogP contribution in [0.2, 0.25) is 0 Å². The summed E-state index contributed by atoms with van der Waals surface area (Å²) in [4.78, 5) is 6.56. The molecule has 0 radical (unpaired) electrons. The molecule has 0 saturated carbocycles. The number of nitrogens with zero attached hydrogens (tertiary/aromatic N) is 3. The lowest BCUT2D eigenvalue weighted by Gasteiger charge is -2.38. The van der Waals surface area contributed by atoms with Crippen molar-refractivity contribution < 1.29 is 0 Å². The first-order valence-corrected chi connectivity index (χ1v) is 6.72. The summed E-state index contributed by atoms with van der Waals surface area (Å²) in [7, 11) is 0. The zero-order valence-corrected chi connectivity index (χ0v) is 10.9. The van der Waals surface area contributed by atoms with E-state index >= 15 is 0 Å². The Bertz CT molecular complexity index is 454. The molecule has 1 saturated heterocycles. The SMILES string of the molecule is CC1SCCN(c2ncc(C#N)cc2N)C1C. The summed E-state index contributed by atoms with van der Waals surface area (Å²) < 4.78 is 0. The average molecular weight is 248 g/mol. The molecule has 2 heterocycles. The van der Waals surface area contributed by atoms with Gasteiger partial charge in [-0.1, -0.05) is 6.92 Å². The van der Waals surface area contributed by atoms with Crippen LogP contribution in [-0.2, 0) is 0 Å². The molecule has 0 bridgehead atoms. The van der Waals surface area contributed by atoms with Crippen molar-refractivity contribution in [1.82, 2.24) is 4.98 Å². The smallest absolute Gasteiger partial charge is 0.152 e. The van der Waals surface area contributed by atoms with E-state index < -0.39 is 0 Å². The van der Waals surface area contributed by atoms with Gasteiger partial charge < -0.3 is 10.6 Å². The van der Waals surface area contributed by atoms with Crippen LogP contribution in [0.15, 0.2) is 12.3 Å². The number of anilines is 2. The molecule has 17 heavy (non-hydrogen) atoms. The Morgan fingerprint density at radius 2 is 2.35 bits per heavy atom. The standard InChI is InChI=1S/C12H16N4S/c1-8-9(2)17-4-3-16(8)12-11(14)5-10(6-13)7-15-12/h5,7-9H,3-4,14H2,1-2H3.